The van der Waals surface area contributed by atoms with Gasteiger partial charge >= 0.3 is 0 Å². The van der Waals surface area contributed by atoms with Crippen LogP contribution in [0.25, 0.3) is 0 Å². The maximum absolute atomic E-state index is 13.2. The molecular weight excluding hydrogens is 319 g/mol. The van der Waals surface area contributed by atoms with Gasteiger partial charge in [0.25, 0.3) is 0 Å². The SMILES string of the molecule is C[C@H](CCc1cccc(F)c1)C(=O)N1CCC(N2CCCC2=O)CC1. The van der Waals surface area contributed by atoms with E-state index in [9.17, 15) is 14.0 Å². The lowest BCUT2D eigenvalue weighted by atomic mass is 9.97. The molecule has 0 saturated carbocycles. The average Bonchev–Trinajstić information content (AvgIpc) is 3.05. The van der Waals surface area contributed by atoms with Gasteiger partial charge in [-0.2, -0.15) is 0 Å². The molecular formula is C20H27FN2O2. The highest BCUT2D eigenvalue weighted by Gasteiger charge is 2.32. The maximum Gasteiger partial charge on any atom is 0.225 e. The number of halogens is 1. The Kier molecular flexibility index (Phi) is 5.71. The van der Waals surface area contributed by atoms with E-state index in [0.29, 0.717) is 18.9 Å². The zero-order chi connectivity index (χ0) is 17.8. The fourth-order valence-corrected chi connectivity index (χ4v) is 3.96. The molecule has 2 aliphatic rings. The lowest BCUT2D eigenvalue weighted by Gasteiger charge is -2.37. The van der Waals surface area contributed by atoms with Crippen LogP contribution in [0.5, 0.6) is 0 Å². The molecule has 25 heavy (non-hydrogen) atoms. The highest BCUT2D eigenvalue weighted by atomic mass is 19.1. The normalized spacial score (nSPS) is 20.2. The Morgan fingerprint density at radius 3 is 2.68 bits per heavy atom. The van der Waals surface area contributed by atoms with Gasteiger partial charge in [0.1, 0.15) is 5.82 Å². The lowest BCUT2D eigenvalue weighted by molar-refractivity contribution is -0.137. The summed E-state index contributed by atoms with van der Waals surface area (Å²) in [4.78, 5) is 28.5. The molecule has 136 valence electrons. The molecule has 1 atom stereocenters. The molecule has 0 spiro atoms. The Morgan fingerprint density at radius 1 is 1.28 bits per heavy atom. The van der Waals surface area contributed by atoms with Crippen molar-refractivity contribution >= 4 is 11.8 Å². The van der Waals surface area contributed by atoms with Crippen molar-refractivity contribution in [3.8, 4) is 0 Å². The third-order valence-corrected chi connectivity index (χ3v) is 5.50. The number of nitrogens with zero attached hydrogens (tertiary/aromatic N) is 2. The zero-order valence-electron chi connectivity index (χ0n) is 14.9. The van der Waals surface area contributed by atoms with Crippen LogP contribution in [0.3, 0.4) is 0 Å². The second kappa shape index (κ2) is 7.98. The molecule has 0 aromatic heterocycles. The van der Waals surface area contributed by atoms with E-state index in [2.05, 4.69) is 0 Å². The fourth-order valence-electron chi connectivity index (χ4n) is 3.96. The number of carbonyl (C=O) groups excluding carboxylic acids is 2. The summed E-state index contributed by atoms with van der Waals surface area (Å²) in [5.74, 6) is 0.166. The summed E-state index contributed by atoms with van der Waals surface area (Å²) in [6.45, 7) is 4.30. The molecule has 0 unspecified atom stereocenters. The highest BCUT2D eigenvalue weighted by Crippen LogP contribution is 2.23. The van der Waals surface area contributed by atoms with Gasteiger partial charge < -0.3 is 9.80 Å². The van der Waals surface area contributed by atoms with Crippen LogP contribution in [-0.4, -0.2) is 47.3 Å². The summed E-state index contributed by atoms with van der Waals surface area (Å²) in [5.41, 5.74) is 0.936. The molecule has 2 fully saturated rings. The topological polar surface area (TPSA) is 40.6 Å². The number of hydrogen-bond acceptors (Lipinski definition) is 2. The molecule has 0 radical (unpaired) electrons. The van der Waals surface area contributed by atoms with Crippen LogP contribution in [0.1, 0.15) is 44.6 Å². The summed E-state index contributed by atoms with van der Waals surface area (Å²) in [5, 5.41) is 0. The second-order valence-corrected chi connectivity index (χ2v) is 7.32. The number of benzene rings is 1. The first-order valence-corrected chi connectivity index (χ1v) is 9.37. The second-order valence-electron chi connectivity index (χ2n) is 7.32. The van der Waals surface area contributed by atoms with Crippen molar-refractivity contribution in [3.05, 3.63) is 35.6 Å². The predicted molar refractivity (Wildman–Crippen MR) is 94.4 cm³/mol. The first-order chi connectivity index (χ1) is 12.0. The third-order valence-electron chi connectivity index (χ3n) is 5.50. The molecule has 2 saturated heterocycles. The number of rotatable bonds is 5. The monoisotopic (exact) mass is 346 g/mol. The van der Waals surface area contributed by atoms with Gasteiger partial charge in [-0.25, -0.2) is 4.39 Å². The van der Waals surface area contributed by atoms with Gasteiger partial charge in [0, 0.05) is 38.0 Å². The quantitative estimate of drug-likeness (QED) is 0.822. The maximum atomic E-state index is 13.2. The molecule has 1 aromatic carbocycles. The summed E-state index contributed by atoms with van der Waals surface area (Å²) >= 11 is 0. The van der Waals surface area contributed by atoms with Crippen LogP contribution in [0.15, 0.2) is 24.3 Å². The smallest absolute Gasteiger partial charge is 0.225 e. The van der Waals surface area contributed by atoms with Crippen molar-refractivity contribution in [2.75, 3.05) is 19.6 Å². The fraction of sp³-hybridized carbons (Fsp3) is 0.600. The van der Waals surface area contributed by atoms with Crippen molar-refractivity contribution in [2.24, 2.45) is 5.92 Å². The van der Waals surface area contributed by atoms with Gasteiger partial charge in [0.05, 0.1) is 0 Å². The summed E-state index contributed by atoms with van der Waals surface area (Å²) < 4.78 is 13.2. The first kappa shape index (κ1) is 17.9. The predicted octanol–water partition coefficient (Wildman–Crippen LogP) is 3.01. The lowest BCUT2D eigenvalue weighted by Crippen LogP contribution is -2.48. The molecule has 0 aliphatic carbocycles. The molecule has 3 rings (SSSR count). The number of amides is 2. The minimum Gasteiger partial charge on any atom is -0.342 e. The number of likely N-dealkylation sites (tertiary alicyclic amines) is 2. The van der Waals surface area contributed by atoms with Gasteiger partial charge in [-0.15, -0.1) is 0 Å². The van der Waals surface area contributed by atoms with E-state index in [0.717, 1.165) is 50.9 Å². The summed E-state index contributed by atoms with van der Waals surface area (Å²) in [7, 11) is 0. The van der Waals surface area contributed by atoms with E-state index in [1.54, 1.807) is 6.07 Å². The van der Waals surface area contributed by atoms with Crippen molar-refractivity contribution in [3.63, 3.8) is 0 Å². The first-order valence-electron chi connectivity index (χ1n) is 9.37. The van der Waals surface area contributed by atoms with Gasteiger partial charge in [-0.05, 0) is 49.8 Å². The average molecular weight is 346 g/mol. The number of carbonyl (C=O) groups is 2. The van der Waals surface area contributed by atoms with E-state index in [1.165, 1.54) is 12.1 Å². The van der Waals surface area contributed by atoms with Gasteiger partial charge in [-0.1, -0.05) is 19.1 Å². The Bertz CT molecular complexity index is 626. The van der Waals surface area contributed by atoms with E-state index >= 15 is 0 Å². The minimum absolute atomic E-state index is 0.0618. The molecule has 4 nitrogen and oxygen atoms in total. The van der Waals surface area contributed by atoms with Gasteiger partial charge in [0.15, 0.2) is 0 Å². The van der Waals surface area contributed by atoms with Crippen molar-refractivity contribution < 1.29 is 14.0 Å². The van der Waals surface area contributed by atoms with Crippen LogP contribution >= 0.6 is 0 Å². The van der Waals surface area contributed by atoms with Crippen molar-refractivity contribution in [1.82, 2.24) is 9.80 Å². The summed E-state index contributed by atoms with van der Waals surface area (Å²) in [6.07, 6.45) is 4.85. The number of hydrogen-bond donors (Lipinski definition) is 0. The van der Waals surface area contributed by atoms with Crippen LogP contribution in [-0.2, 0) is 16.0 Å². The molecule has 0 N–H and O–H groups in total. The number of aryl methyl sites for hydroxylation is 1. The van der Waals surface area contributed by atoms with E-state index in [4.69, 9.17) is 0 Å². The largest absolute Gasteiger partial charge is 0.342 e. The van der Waals surface area contributed by atoms with Crippen LogP contribution < -0.4 is 0 Å². The van der Waals surface area contributed by atoms with Gasteiger partial charge in [-0.3, -0.25) is 9.59 Å². The van der Waals surface area contributed by atoms with Crippen LogP contribution in [0.4, 0.5) is 4.39 Å². The van der Waals surface area contributed by atoms with Crippen LogP contribution in [0, 0.1) is 11.7 Å². The zero-order valence-corrected chi connectivity index (χ0v) is 14.9. The molecule has 1 aromatic rings. The van der Waals surface area contributed by atoms with E-state index < -0.39 is 0 Å². The highest BCUT2D eigenvalue weighted by molar-refractivity contribution is 5.79. The molecule has 2 heterocycles. The Hall–Kier alpha value is -1.91. The van der Waals surface area contributed by atoms with Crippen molar-refractivity contribution in [1.29, 1.82) is 0 Å². The third kappa shape index (κ3) is 4.39. The standard InChI is InChI=1S/C20H27FN2O2/c1-15(7-8-16-4-2-5-17(21)14-16)20(25)22-12-9-18(10-13-22)23-11-3-6-19(23)24/h2,4-5,14-15,18H,3,6-13H2,1H3/t15-/m1/s1. The minimum atomic E-state index is -0.227. The van der Waals surface area contributed by atoms with Crippen LogP contribution in [0.2, 0.25) is 0 Å². The molecule has 0 bridgehead atoms. The van der Waals surface area contributed by atoms with Gasteiger partial charge in [0.2, 0.25) is 11.8 Å². The van der Waals surface area contributed by atoms with Crippen molar-refractivity contribution in [2.45, 2.75) is 51.5 Å². The molecule has 2 amide bonds. The van der Waals surface area contributed by atoms with E-state index in [-0.39, 0.29) is 23.5 Å². The Morgan fingerprint density at radius 2 is 2.04 bits per heavy atom. The molecule has 5 heteroatoms. The summed E-state index contributed by atoms with van der Waals surface area (Å²) in [6, 6.07) is 6.89. The van der Waals surface area contributed by atoms with E-state index in [1.807, 2.05) is 22.8 Å². The Balaban J connectivity index is 1.46. The molecule has 2 aliphatic heterocycles. The number of piperidine rings is 1. The Labute approximate surface area is 149 Å².